The number of hydrogen-bond acceptors (Lipinski definition) is 3. The molecule has 2 N–H and O–H groups in total. The normalized spacial score (nSPS) is 13.8. The fourth-order valence-electron chi connectivity index (χ4n) is 1.98. The topological polar surface area (TPSA) is 72.1 Å². The van der Waals surface area contributed by atoms with Crippen LogP contribution in [0.3, 0.4) is 0 Å². The molecule has 0 aliphatic carbocycles. The van der Waals surface area contributed by atoms with E-state index in [-0.39, 0.29) is 18.1 Å². The summed E-state index contributed by atoms with van der Waals surface area (Å²) in [7, 11) is 0. The zero-order chi connectivity index (χ0) is 14.5. The van der Waals surface area contributed by atoms with Gasteiger partial charge in [-0.1, -0.05) is 0 Å². The molecule has 2 heterocycles. The molecule has 0 radical (unpaired) electrons. The molecule has 2 rings (SSSR count). The van der Waals surface area contributed by atoms with Crippen molar-refractivity contribution in [1.82, 2.24) is 20.2 Å². The molecule has 0 unspecified atom stereocenters. The highest BCUT2D eigenvalue weighted by atomic mass is 16.3. The summed E-state index contributed by atoms with van der Waals surface area (Å²) in [6.07, 6.45) is 5.31. The van der Waals surface area contributed by atoms with Gasteiger partial charge in [-0.2, -0.15) is 0 Å². The second kappa shape index (κ2) is 6.27. The van der Waals surface area contributed by atoms with Gasteiger partial charge in [-0.05, 0) is 32.9 Å². The molecule has 6 heteroatoms. The van der Waals surface area contributed by atoms with E-state index in [2.05, 4.69) is 15.6 Å². The van der Waals surface area contributed by atoms with Crippen LogP contribution in [0.15, 0.2) is 35.3 Å². The lowest BCUT2D eigenvalue weighted by Crippen LogP contribution is -2.43. The molecule has 0 saturated heterocycles. The first-order chi connectivity index (χ1) is 9.54. The van der Waals surface area contributed by atoms with E-state index < -0.39 is 0 Å². The van der Waals surface area contributed by atoms with E-state index in [4.69, 9.17) is 4.42 Å². The third-order valence-corrected chi connectivity index (χ3v) is 2.96. The molecule has 2 aromatic heterocycles. The van der Waals surface area contributed by atoms with Crippen molar-refractivity contribution in [1.29, 1.82) is 0 Å². The summed E-state index contributed by atoms with van der Waals surface area (Å²) in [5.41, 5.74) is 0. The minimum absolute atomic E-state index is 0.00902. The van der Waals surface area contributed by atoms with Crippen molar-refractivity contribution in [2.45, 2.75) is 39.4 Å². The van der Waals surface area contributed by atoms with Crippen molar-refractivity contribution in [3.8, 4) is 0 Å². The molecule has 0 aliphatic heterocycles. The first kappa shape index (κ1) is 14.2. The number of imidazole rings is 1. The Morgan fingerprint density at radius 1 is 1.40 bits per heavy atom. The maximum Gasteiger partial charge on any atom is 0.315 e. The SMILES string of the molecule is Cc1ccc([C@@H](C)NC(=O)N[C@H](C)Cn2ccnc2)o1. The number of hydrogen-bond donors (Lipinski definition) is 2. The first-order valence-corrected chi connectivity index (χ1v) is 6.63. The number of nitrogens with one attached hydrogen (secondary N) is 2. The van der Waals surface area contributed by atoms with Crippen LogP contribution in [0.5, 0.6) is 0 Å². The Kier molecular flexibility index (Phi) is 4.45. The Bertz CT molecular complexity index is 547. The van der Waals surface area contributed by atoms with Gasteiger partial charge in [-0.15, -0.1) is 0 Å². The van der Waals surface area contributed by atoms with E-state index in [0.717, 1.165) is 11.5 Å². The number of nitrogens with zero attached hydrogens (tertiary/aromatic N) is 2. The van der Waals surface area contributed by atoms with Crippen molar-refractivity contribution in [2.24, 2.45) is 0 Å². The van der Waals surface area contributed by atoms with E-state index in [1.807, 2.05) is 43.7 Å². The Morgan fingerprint density at radius 2 is 2.20 bits per heavy atom. The van der Waals surface area contributed by atoms with Crippen molar-refractivity contribution in [3.63, 3.8) is 0 Å². The summed E-state index contributed by atoms with van der Waals surface area (Å²) in [6, 6.07) is 3.39. The summed E-state index contributed by atoms with van der Waals surface area (Å²) in [5.74, 6) is 1.59. The maximum absolute atomic E-state index is 11.9. The Hall–Kier alpha value is -2.24. The molecule has 2 aromatic rings. The Morgan fingerprint density at radius 3 is 2.80 bits per heavy atom. The average Bonchev–Trinajstić information content (AvgIpc) is 3.00. The number of urea groups is 1. The van der Waals surface area contributed by atoms with Crippen molar-refractivity contribution >= 4 is 6.03 Å². The molecule has 0 aromatic carbocycles. The van der Waals surface area contributed by atoms with Crippen molar-refractivity contribution < 1.29 is 9.21 Å². The number of carbonyl (C=O) groups is 1. The standard InChI is InChI=1S/C14H20N4O2/c1-10(8-18-7-6-15-9-18)16-14(19)17-12(3)13-5-4-11(2)20-13/h4-7,9-10,12H,8H2,1-3H3,(H2,16,17,19)/t10-,12-/m1/s1. The van der Waals surface area contributed by atoms with Gasteiger partial charge < -0.3 is 19.6 Å². The van der Waals surface area contributed by atoms with Crippen LogP contribution in [-0.2, 0) is 6.54 Å². The van der Waals surface area contributed by atoms with Crippen LogP contribution in [0.1, 0.15) is 31.4 Å². The molecule has 108 valence electrons. The molecule has 20 heavy (non-hydrogen) atoms. The van der Waals surface area contributed by atoms with Gasteiger partial charge in [0.25, 0.3) is 0 Å². The summed E-state index contributed by atoms with van der Waals surface area (Å²) in [6.45, 7) is 6.39. The van der Waals surface area contributed by atoms with Crippen molar-refractivity contribution in [3.05, 3.63) is 42.4 Å². The Balaban J connectivity index is 1.80. The number of aryl methyl sites for hydroxylation is 1. The molecule has 6 nitrogen and oxygen atoms in total. The summed E-state index contributed by atoms with van der Waals surface area (Å²) < 4.78 is 7.40. The van der Waals surface area contributed by atoms with Crippen LogP contribution in [0, 0.1) is 6.92 Å². The highest BCUT2D eigenvalue weighted by Gasteiger charge is 2.14. The molecule has 0 aliphatic rings. The minimum atomic E-state index is -0.209. The highest BCUT2D eigenvalue weighted by Crippen LogP contribution is 2.15. The van der Waals surface area contributed by atoms with Crippen LogP contribution >= 0.6 is 0 Å². The number of aromatic nitrogens is 2. The Labute approximate surface area is 118 Å². The molecule has 2 atom stereocenters. The molecule has 2 amide bonds. The van der Waals surface area contributed by atoms with Gasteiger partial charge in [-0.3, -0.25) is 0 Å². The lowest BCUT2D eigenvalue weighted by Gasteiger charge is -2.17. The van der Waals surface area contributed by atoms with E-state index in [1.54, 1.807) is 12.5 Å². The monoisotopic (exact) mass is 276 g/mol. The predicted octanol–water partition coefficient (Wildman–Crippen LogP) is 2.23. The molecule has 0 saturated carbocycles. The first-order valence-electron chi connectivity index (χ1n) is 6.63. The van der Waals surface area contributed by atoms with Gasteiger partial charge in [-0.25, -0.2) is 9.78 Å². The molecular weight excluding hydrogens is 256 g/mol. The summed E-state index contributed by atoms with van der Waals surface area (Å²) in [4.78, 5) is 15.9. The van der Waals surface area contributed by atoms with Crippen LogP contribution in [0.25, 0.3) is 0 Å². The smallest absolute Gasteiger partial charge is 0.315 e. The van der Waals surface area contributed by atoms with Gasteiger partial charge in [0.1, 0.15) is 11.5 Å². The quantitative estimate of drug-likeness (QED) is 0.879. The van der Waals surface area contributed by atoms with Gasteiger partial charge in [0.05, 0.1) is 12.4 Å². The zero-order valence-corrected chi connectivity index (χ0v) is 12.0. The highest BCUT2D eigenvalue weighted by molar-refractivity contribution is 5.74. The van der Waals surface area contributed by atoms with Gasteiger partial charge in [0, 0.05) is 25.0 Å². The molecular formula is C14H20N4O2. The summed E-state index contributed by atoms with van der Waals surface area (Å²) in [5, 5.41) is 5.74. The largest absolute Gasteiger partial charge is 0.464 e. The second-order valence-electron chi connectivity index (χ2n) is 4.95. The minimum Gasteiger partial charge on any atom is -0.464 e. The van der Waals surface area contributed by atoms with Crippen molar-refractivity contribution in [2.75, 3.05) is 0 Å². The van der Waals surface area contributed by atoms with Gasteiger partial charge >= 0.3 is 6.03 Å². The third kappa shape index (κ3) is 3.88. The zero-order valence-electron chi connectivity index (χ0n) is 12.0. The number of carbonyl (C=O) groups excluding carboxylic acids is 1. The summed E-state index contributed by atoms with van der Waals surface area (Å²) >= 11 is 0. The fraction of sp³-hybridized carbons (Fsp3) is 0.429. The number of furan rings is 1. The lowest BCUT2D eigenvalue weighted by molar-refractivity contribution is 0.231. The van der Waals surface area contributed by atoms with E-state index in [9.17, 15) is 4.79 Å². The predicted molar refractivity (Wildman–Crippen MR) is 75.2 cm³/mol. The number of rotatable bonds is 5. The van der Waals surface area contributed by atoms with Gasteiger partial charge in [0.15, 0.2) is 0 Å². The second-order valence-corrected chi connectivity index (χ2v) is 4.95. The number of amides is 2. The maximum atomic E-state index is 11.9. The van der Waals surface area contributed by atoms with Crippen LogP contribution < -0.4 is 10.6 Å². The van der Waals surface area contributed by atoms with E-state index in [1.165, 1.54) is 0 Å². The van der Waals surface area contributed by atoms with Crippen LogP contribution in [0.2, 0.25) is 0 Å². The van der Waals surface area contributed by atoms with Crippen LogP contribution in [-0.4, -0.2) is 21.6 Å². The molecule has 0 spiro atoms. The molecule has 0 fully saturated rings. The third-order valence-electron chi connectivity index (χ3n) is 2.96. The average molecular weight is 276 g/mol. The van der Waals surface area contributed by atoms with E-state index >= 15 is 0 Å². The van der Waals surface area contributed by atoms with E-state index in [0.29, 0.717) is 6.54 Å². The lowest BCUT2D eigenvalue weighted by atomic mass is 10.2. The fourth-order valence-corrected chi connectivity index (χ4v) is 1.98. The molecule has 0 bridgehead atoms. The van der Waals surface area contributed by atoms with Gasteiger partial charge in [0.2, 0.25) is 0 Å². The van der Waals surface area contributed by atoms with Crippen LogP contribution in [0.4, 0.5) is 4.79 Å².